The van der Waals surface area contributed by atoms with Crippen molar-refractivity contribution in [3.05, 3.63) is 6.33 Å². The lowest BCUT2D eigenvalue weighted by molar-refractivity contribution is 0.321. The van der Waals surface area contributed by atoms with Crippen LogP contribution in [-0.4, -0.2) is 49.8 Å². The van der Waals surface area contributed by atoms with Gasteiger partial charge in [0, 0.05) is 11.5 Å². The van der Waals surface area contributed by atoms with Crippen molar-refractivity contribution in [3.63, 3.8) is 0 Å². The fourth-order valence-corrected chi connectivity index (χ4v) is 1.83. The molecule has 2 rings (SSSR count). The van der Waals surface area contributed by atoms with E-state index in [1.165, 1.54) is 6.33 Å². The molecule has 0 saturated heterocycles. The van der Waals surface area contributed by atoms with Crippen LogP contribution in [0.15, 0.2) is 6.33 Å². The minimum Gasteiger partial charge on any atom is -0.475 e. The van der Waals surface area contributed by atoms with Crippen LogP contribution in [0.5, 0.6) is 5.88 Å². The second kappa shape index (κ2) is 5.69. The lowest BCUT2D eigenvalue weighted by Gasteiger charge is -2.05. The van der Waals surface area contributed by atoms with E-state index in [1.807, 2.05) is 0 Å². The number of nitrogen functional groups attached to an aromatic ring is 1. The Morgan fingerprint density at radius 2 is 2.29 bits per heavy atom. The molecule has 0 fully saturated rings. The van der Waals surface area contributed by atoms with Gasteiger partial charge in [0.1, 0.15) is 5.52 Å². The number of nitrogens with two attached hydrogens (primary N) is 1. The molecule has 8 heteroatoms. The number of fused-ring (bicyclic) bond motifs is 1. The number of hydrogen-bond donors (Lipinski definition) is 3. The van der Waals surface area contributed by atoms with Crippen molar-refractivity contribution in [2.75, 3.05) is 30.5 Å². The Balaban J connectivity index is 2.00. The number of anilines is 1. The molecule has 17 heavy (non-hydrogen) atoms. The zero-order valence-corrected chi connectivity index (χ0v) is 9.90. The van der Waals surface area contributed by atoms with Crippen LogP contribution in [-0.2, 0) is 0 Å². The highest BCUT2D eigenvalue weighted by Gasteiger charge is 2.09. The van der Waals surface area contributed by atoms with Crippen molar-refractivity contribution < 1.29 is 9.84 Å². The Kier molecular flexibility index (Phi) is 3.99. The first kappa shape index (κ1) is 11.9. The second-order valence-electron chi connectivity index (χ2n) is 3.17. The van der Waals surface area contributed by atoms with E-state index in [9.17, 15) is 0 Å². The number of imidazole rings is 1. The van der Waals surface area contributed by atoms with Crippen LogP contribution in [0, 0.1) is 0 Å². The maximum absolute atomic E-state index is 8.62. The van der Waals surface area contributed by atoms with Crippen LogP contribution in [0.4, 0.5) is 5.95 Å². The Labute approximate surface area is 102 Å². The van der Waals surface area contributed by atoms with Gasteiger partial charge >= 0.3 is 0 Å². The van der Waals surface area contributed by atoms with Crippen LogP contribution in [0.3, 0.4) is 0 Å². The molecule has 0 atom stereocenters. The monoisotopic (exact) mass is 255 g/mol. The minimum atomic E-state index is 0.141. The van der Waals surface area contributed by atoms with Crippen molar-refractivity contribution in [3.8, 4) is 5.88 Å². The van der Waals surface area contributed by atoms with E-state index in [2.05, 4.69) is 19.9 Å². The molecule has 92 valence electrons. The fraction of sp³-hybridized carbons (Fsp3) is 0.444. The fourth-order valence-electron chi connectivity index (χ4n) is 1.29. The van der Waals surface area contributed by atoms with Gasteiger partial charge in [0.2, 0.25) is 11.8 Å². The van der Waals surface area contributed by atoms with Gasteiger partial charge in [0.15, 0.2) is 5.65 Å². The summed E-state index contributed by atoms with van der Waals surface area (Å²) >= 11 is 1.61. The largest absolute Gasteiger partial charge is 0.475 e. The summed E-state index contributed by atoms with van der Waals surface area (Å²) < 4.78 is 5.50. The molecule has 0 spiro atoms. The van der Waals surface area contributed by atoms with Gasteiger partial charge in [-0.05, 0) is 0 Å². The maximum atomic E-state index is 8.62. The molecule has 0 amide bonds. The standard InChI is InChI=1S/C9H13N5O2S/c10-9-13-7-6(11-5-12-7)8(14-9)16-2-4-17-3-1-15/h5,15H,1-4H2,(H3,10,11,12,13,14). The molecule has 2 heterocycles. The number of aromatic amines is 1. The van der Waals surface area contributed by atoms with E-state index in [1.54, 1.807) is 11.8 Å². The van der Waals surface area contributed by atoms with E-state index in [4.69, 9.17) is 15.6 Å². The summed E-state index contributed by atoms with van der Waals surface area (Å²) in [5.74, 6) is 2.03. The molecular formula is C9H13N5O2S. The Bertz CT molecular complexity index is 489. The zero-order valence-electron chi connectivity index (χ0n) is 9.09. The first-order valence-electron chi connectivity index (χ1n) is 5.09. The maximum Gasteiger partial charge on any atom is 0.245 e. The highest BCUT2D eigenvalue weighted by molar-refractivity contribution is 7.99. The van der Waals surface area contributed by atoms with Crippen LogP contribution in [0.2, 0.25) is 0 Å². The summed E-state index contributed by atoms with van der Waals surface area (Å²) in [6.07, 6.45) is 1.52. The molecular weight excluding hydrogens is 242 g/mol. The van der Waals surface area contributed by atoms with Gasteiger partial charge in [-0.15, -0.1) is 0 Å². The summed E-state index contributed by atoms with van der Waals surface area (Å²) in [6.45, 7) is 0.672. The van der Waals surface area contributed by atoms with Gasteiger partial charge in [-0.25, -0.2) is 4.98 Å². The van der Waals surface area contributed by atoms with Crippen LogP contribution < -0.4 is 10.5 Å². The summed E-state index contributed by atoms with van der Waals surface area (Å²) in [7, 11) is 0. The first-order valence-corrected chi connectivity index (χ1v) is 6.24. The molecule has 0 aromatic carbocycles. The Morgan fingerprint density at radius 3 is 3.12 bits per heavy atom. The van der Waals surface area contributed by atoms with Gasteiger partial charge in [-0.2, -0.15) is 21.7 Å². The number of hydrogen-bond acceptors (Lipinski definition) is 7. The molecule has 7 nitrogen and oxygen atoms in total. The number of H-pyrrole nitrogens is 1. The van der Waals surface area contributed by atoms with E-state index >= 15 is 0 Å². The number of aromatic nitrogens is 4. The van der Waals surface area contributed by atoms with Crippen molar-refractivity contribution in [2.24, 2.45) is 0 Å². The minimum absolute atomic E-state index is 0.141. The van der Waals surface area contributed by atoms with Gasteiger partial charge in [0.05, 0.1) is 19.5 Å². The van der Waals surface area contributed by atoms with E-state index in [0.717, 1.165) is 5.75 Å². The van der Waals surface area contributed by atoms with Gasteiger partial charge in [-0.1, -0.05) is 0 Å². The molecule has 0 aliphatic carbocycles. The Morgan fingerprint density at radius 1 is 1.41 bits per heavy atom. The van der Waals surface area contributed by atoms with Crippen molar-refractivity contribution in [1.82, 2.24) is 19.9 Å². The first-order chi connectivity index (χ1) is 8.31. The third-order valence-corrected chi connectivity index (χ3v) is 2.90. The molecule has 0 aliphatic heterocycles. The van der Waals surface area contributed by atoms with Crippen molar-refractivity contribution >= 4 is 28.9 Å². The normalized spacial score (nSPS) is 10.9. The summed E-state index contributed by atoms with van der Waals surface area (Å²) in [6, 6.07) is 0. The third kappa shape index (κ3) is 2.98. The topological polar surface area (TPSA) is 110 Å². The van der Waals surface area contributed by atoms with E-state index in [0.29, 0.717) is 29.4 Å². The lowest BCUT2D eigenvalue weighted by atomic mass is 10.5. The second-order valence-corrected chi connectivity index (χ2v) is 4.40. The molecule has 0 bridgehead atoms. The lowest BCUT2D eigenvalue weighted by Crippen LogP contribution is -2.05. The number of thioether (sulfide) groups is 1. The van der Waals surface area contributed by atoms with Gasteiger partial charge in [0.25, 0.3) is 0 Å². The molecule has 0 unspecified atom stereocenters. The van der Waals surface area contributed by atoms with Crippen molar-refractivity contribution in [1.29, 1.82) is 0 Å². The molecule has 0 radical (unpaired) electrons. The SMILES string of the molecule is Nc1nc(OCCSCCO)c2[nH]cnc2n1. The summed E-state index contributed by atoms with van der Waals surface area (Å²) in [5.41, 5.74) is 6.68. The number of nitrogens with one attached hydrogen (secondary N) is 1. The van der Waals surface area contributed by atoms with Crippen LogP contribution >= 0.6 is 11.8 Å². The number of rotatable bonds is 6. The summed E-state index contributed by atoms with van der Waals surface area (Å²) in [5, 5.41) is 8.62. The number of aliphatic hydroxyl groups is 1. The molecule has 4 N–H and O–H groups in total. The quantitative estimate of drug-likeness (QED) is 0.625. The highest BCUT2D eigenvalue weighted by Crippen LogP contribution is 2.19. The van der Waals surface area contributed by atoms with Gasteiger partial charge < -0.3 is 20.6 Å². The molecule has 0 saturated carbocycles. The highest BCUT2D eigenvalue weighted by atomic mass is 32.2. The number of ether oxygens (including phenoxy) is 1. The third-order valence-electron chi connectivity index (χ3n) is 1.97. The summed E-state index contributed by atoms with van der Waals surface area (Å²) in [4.78, 5) is 14.9. The molecule has 0 aliphatic rings. The van der Waals surface area contributed by atoms with Crippen LogP contribution in [0.25, 0.3) is 11.2 Å². The predicted octanol–water partition coefficient (Wildman–Crippen LogP) is 0.0394. The number of aliphatic hydroxyl groups excluding tert-OH is 1. The van der Waals surface area contributed by atoms with E-state index in [-0.39, 0.29) is 12.6 Å². The van der Waals surface area contributed by atoms with Gasteiger partial charge in [-0.3, -0.25) is 0 Å². The molecule has 2 aromatic rings. The smallest absolute Gasteiger partial charge is 0.245 e. The average molecular weight is 255 g/mol. The van der Waals surface area contributed by atoms with E-state index < -0.39 is 0 Å². The average Bonchev–Trinajstić information content (AvgIpc) is 2.76. The Hall–Kier alpha value is -1.54. The number of nitrogens with zero attached hydrogens (tertiary/aromatic N) is 3. The van der Waals surface area contributed by atoms with Crippen molar-refractivity contribution in [2.45, 2.75) is 0 Å². The predicted molar refractivity (Wildman–Crippen MR) is 66.0 cm³/mol. The molecule has 2 aromatic heterocycles. The zero-order chi connectivity index (χ0) is 12.1. The van der Waals surface area contributed by atoms with Crippen LogP contribution in [0.1, 0.15) is 0 Å².